The van der Waals surface area contributed by atoms with Crippen LogP contribution in [0.1, 0.15) is 35.4 Å². The van der Waals surface area contributed by atoms with Gasteiger partial charge in [-0.3, -0.25) is 0 Å². The molecule has 0 bridgehead atoms. The average molecular weight is 393 g/mol. The summed E-state index contributed by atoms with van der Waals surface area (Å²) in [5.41, 5.74) is 2.20. The molecular formula is C15H16BrCl2NS. The maximum atomic E-state index is 6.40. The molecule has 0 saturated heterocycles. The fourth-order valence-electron chi connectivity index (χ4n) is 2.01. The quantitative estimate of drug-likeness (QED) is 0.637. The third kappa shape index (κ3) is 3.77. The first-order valence-electron chi connectivity index (χ1n) is 6.47. The van der Waals surface area contributed by atoms with Gasteiger partial charge in [-0.2, -0.15) is 0 Å². The Labute approximate surface area is 142 Å². The molecule has 0 amide bonds. The highest BCUT2D eigenvalue weighted by atomic mass is 79.9. The summed E-state index contributed by atoms with van der Waals surface area (Å²) >= 11 is 17.7. The number of benzene rings is 1. The summed E-state index contributed by atoms with van der Waals surface area (Å²) in [5, 5.41) is 4.31. The van der Waals surface area contributed by atoms with E-state index in [0.29, 0.717) is 0 Å². The van der Waals surface area contributed by atoms with Crippen LogP contribution in [0, 0.1) is 6.92 Å². The Morgan fingerprint density at radius 2 is 2.05 bits per heavy atom. The number of hydrogen-bond acceptors (Lipinski definition) is 2. The number of thiophene rings is 1. The lowest BCUT2D eigenvalue weighted by Crippen LogP contribution is -2.22. The van der Waals surface area contributed by atoms with Crippen LogP contribution in [0.2, 0.25) is 9.36 Å². The van der Waals surface area contributed by atoms with E-state index < -0.39 is 0 Å². The lowest BCUT2D eigenvalue weighted by atomic mass is 10.0. The van der Waals surface area contributed by atoms with Crippen LogP contribution in [0.15, 0.2) is 28.7 Å². The standard InChI is InChI=1S/C15H16BrCl2NS/c1-3-6-19-14(13-7-9(2)15(18)20-13)11-5-4-10(16)8-12(11)17/h4-5,7-8,14,19H,3,6H2,1-2H3. The molecule has 2 rings (SSSR count). The third-order valence-corrected chi connectivity index (χ3v) is 5.47. The second-order valence-electron chi connectivity index (χ2n) is 4.66. The Morgan fingerprint density at radius 1 is 1.30 bits per heavy atom. The molecule has 1 nitrogen and oxygen atoms in total. The topological polar surface area (TPSA) is 12.0 Å². The Morgan fingerprint density at radius 3 is 2.60 bits per heavy atom. The van der Waals surface area contributed by atoms with Gasteiger partial charge in [0, 0.05) is 14.4 Å². The van der Waals surface area contributed by atoms with Crippen LogP contribution in [-0.2, 0) is 0 Å². The normalized spacial score (nSPS) is 12.7. The van der Waals surface area contributed by atoms with Crippen molar-refractivity contribution in [3.05, 3.63) is 54.1 Å². The van der Waals surface area contributed by atoms with Crippen LogP contribution in [0.5, 0.6) is 0 Å². The highest BCUT2D eigenvalue weighted by Gasteiger charge is 2.19. The molecule has 0 aliphatic carbocycles. The minimum atomic E-state index is 0.0896. The molecule has 2 aromatic rings. The first kappa shape index (κ1) is 16.3. The summed E-state index contributed by atoms with van der Waals surface area (Å²) in [6.45, 7) is 5.12. The van der Waals surface area contributed by atoms with Crippen LogP contribution in [0.25, 0.3) is 0 Å². The Hall–Kier alpha value is -0.0600. The molecule has 0 saturated carbocycles. The summed E-state index contributed by atoms with van der Waals surface area (Å²) in [6.07, 6.45) is 1.07. The smallest absolute Gasteiger partial charge is 0.0961 e. The molecule has 1 atom stereocenters. The van der Waals surface area contributed by atoms with Gasteiger partial charge < -0.3 is 5.32 Å². The molecule has 5 heteroatoms. The number of aryl methyl sites for hydroxylation is 1. The van der Waals surface area contributed by atoms with Gasteiger partial charge in [0.25, 0.3) is 0 Å². The van der Waals surface area contributed by atoms with E-state index in [0.717, 1.165) is 37.9 Å². The van der Waals surface area contributed by atoms with E-state index in [4.69, 9.17) is 23.2 Å². The van der Waals surface area contributed by atoms with Gasteiger partial charge in [-0.05, 0) is 49.2 Å². The molecule has 20 heavy (non-hydrogen) atoms. The number of halogens is 3. The van der Waals surface area contributed by atoms with Crippen molar-refractivity contribution in [2.45, 2.75) is 26.3 Å². The van der Waals surface area contributed by atoms with Gasteiger partial charge in [0.1, 0.15) is 0 Å². The van der Waals surface area contributed by atoms with Crippen LogP contribution in [0.3, 0.4) is 0 Å². The van der Waals surface area contributed by atoms with Crippen molar-refractivity contribution in [3.8, 4) is 0 Å². The Kier molecular flexibility index (Phi) is 5.94. The number of hydrogen-bond donors (Lipinski definition) is 1. The van der Waals surface area contributed by atoms with Crippen molar-refractivity contribution in [1.29, 1.82) is 0 Å². The van der Waals surface area contributed by atoms with Crippen molar-refractivity contribution in [1.82, 2.24) is 5.32 Å². The molecule has 0 aliphatic heterocycles. The lowest BCUT2D eigenvalue weighted by molar-refractivity contribution is 0.606. The zero-order valence-electron chi connectivity index (χ0n) is 11.3. The molecule has 0 aliphatic rings. The monoisotopic (exact) mass is 391 g/mol. The van der Waals surface area contributed by atoms with E-state index in [-0.39, 0.29) is 6.04 Å². The molecule has 1 N–H and O–H groups in total. The Balaban J connectivity index is 2.41. The molecule has 0 spiro atoms. The van der Waals surface area contributed by atoms with Crippen molar-refractivity contribution in [2.24, 2.45) is 0 Å². The van der Waals surface area contributed by atoms with E-state index in [9.17, 15) is 0 Å². The average Bonchev–Trinajstić information content (AvgIpc) is 2.72. The van der Waals surface area contributed by atoms with E-state index in [1.807, 2.05) is 19.1 Å². The highest BCUT2D eigenvalue weighted by Crippen LogP contribution is 2.37. The second-order valence-corrected chi connectivity index (χ2v) is 7.67. The Bertz CT molecular complexity index is 578. The second kappa shape index (κ2) is 7.28. The van der Waals surface area contributed by atoms with Crippen molar-refractivity contribution in [2.75, 3.05) is 6.54 Å². The molecule has 0 fully saturated rings. The van der Waals surface area contributed by atoms with E-state index in [2.05, 4.69) is 40.3 Å². The van der Waals surface area contributed by atoms with Crippen LogP contribution in [0.4, 0.5) is 0 Å². The molecule has 1 aromatic carbocycles. The zero-order chi connectivity index (χ0) is 14.7. The first-order chi connectivity index (χ1) is 9.52. The largest absolute Gasteiger partial charge is 0.306 e. The number of nitrogens with one attached hydrogen (secondary N) is 1. The summed E-state index contributed by atoms with van der Waals surface area (Å²) in [6, 6.07) is 8.23. The zero-order valence-corrected chi connectivity index (χ0v) is 15.3. The van der Waals surface area contributed by atoms with Crippen LogP contribution in [-0.4, -0.2) is 6.54 Å². The van der Waals surface area contributed by atoms with Gasteiger partial charge in [0.15, 0.2) is 0 Å². The summed E-state index contributed by atoms with van der Waals surface area (Å²) < 4.78 is 1.83. The van der Waals surface area contributed by atoms with E-state index in [1.54, 1.807) is 11.3 Å². The summed E-state index contributed by atoms with van der Waals surface area (Å²) in [5.74, 6) is 0. The fourth-order valence-corrected chi connectivity index (χ4v) is 4.11. The van der Waals surface area contributed by atoms with Gasteiger partial charge >= 0.3 is 0 Å². The van der Waals surface area contributed by atoms with Gasteiger partial charge in [0.05, 0.1) is 10.4 Å². The first-order valence-corrected chi connectivity index (χ1v) is 8.83. The van der Waals surface area contributed by atoms with Crippen LogP contribution < -0.4 is 5.32 Å². The van der Waals surface area contributed by atoms with Crippen molar-refractivity contribution in [3.63, 3.8) is 0 Å². The van der Waals surface area contributed by atoms with Gasteiger partial charge in [0.2, 0.25) is 0 Å². The molecule has 108 valence electrons. The lowest BCUT2D eigenvalue weighted by Gasteiger charge is -2.19. The minimum absolute atomic E-state index is 0.0896. The maximum Gasteiger partial charge on any atom is 0.0961 e. The summed E-state index contributed by atoms with van der Waals surface area (Å²) in [4.78, 5) is 1.20. The molecule has 1 aromatic heterocycles. The van der Waals surface area contributed by atoms with Crippen LogP contribution >= 0.6 is 50.5 Å². The summed E-state index contributed by atoms with van der Waals surface area (Å²) in [7, 11) is 0. The molecule has 0 radical (unpaired) electrons. The molecular weight excluding hydrogens is 377 g/mol. The van der Waals surface area contributed by atoms with Crippen molar-refractivity contribution < 1.29 is 0 Å². The minimum Gasteiger partial charge on any atom is -0.306 e. The predicted molar refractivity (Wildman–Crippen MR) is 93.4 cm³/mol. The number of rotatable bonds is 5. The van der Waals surface area contributed by atoms with Gasteiger partial charge in [-0.15, -0.1) is 11.3 Å². The van der Waals surface area contributed by atoms with Gasteiger partial charge in [-0.1, -0.05) is 52.1 Å². The molecule has 1 heterocycles. The van der Waals surface area contributed by atoms with E-state index >= 15 is 0 Å². The van der Waals surface area contributed by atoms with E-state index in [1.165, 1.54) is 4.88 Å². The third-order valence-electron chi connectivity index (χ3n) is 3.03. The van der Waals surface area contributed by atoms with Gasteiger partial charge in [-0.25, -0.2) is 0 Å². The predicted octanol–water partition coefficient (Wildman–Crippen LogP) is 6.21. The highest BCUT2D eigenvalue weighted by molar-refractivity contribution is 9.10. The maximum absolute atomic E-state index is 6.40. The van der Waals surface area contributed by atoms with Crippen molar-refractivity contribution >= 4 is 50.5 Å². The fraction of sp³-hybridized carbons (Fsp3) is 0.333. The SMILES string of the molecule is CCCNC(c1cc(C)c(Cl)s1)c1ccc(Br)cc1Cl. The molecule has 1 unspecified atom stereocenters.